The van der Waals surface area contributed by atoms with E-state index in [0.717, 1.165) is 11.3 Å². The van der Waals surface area contributed by atoms with E-state index in [9.17, 15) is 4.79 Å². The van der Waals surface area contributed by atoms with Crippen molar-refractivity contribution in [2.24, 2.45) is 4.99 Å². The normalized spacial score (nSPS) is 14.3. The Morgan fingerprint density at radius 2 is 1.71 bits per heavy atom. The average Bonchev–Trinajstić information content (AvgIpc) is 3.14. The van der Waals surface area contributed by atoms with E-state index in [2.05, 4.69) is 4.99 Å². The Bertz CT molecular complexity index is 1140. The lowest BCUT2D eigenvalue weighted by molar-refractivity contribution is -0.129. The second-order valence-electron chi connectivity index (χ2n) is 6.89. The smallest absolute Gasteiger partial charge is 0.363 e. The molecule has 3 aromatic carbocycles. The molecule has 0 radical (unpaired) electrons. The van der Waals surface area contributed by atoms with Gasteiger partial charge in [0.1, 0.15) is 24.7 Å². The number of nitrogens with zero attached hydrogens (tertiary/aromatic N) is 1. The van der Waals surface area contributed by atoms with E-state index in [4.69, 9.17) is 25.8 Å². The molecule has 1 heterocycles. The van der Waals surface area contributed by atoms with Crippen molar-refractivity contribution in [3.63, 3.8) is 0 Å². The first-order valence-corrected chi connectivity index (χ1v) is 10.2. The lowest BCUT2D eigenvalue weighted by atomic mass is 10.1. The Balaban J connectivity index is 1.47. The number of ether oxygens (including phenoxy) is 3. The molecular weight excluding hydrogens is 414 g/mol. The maximum Gasteiger partial charge on any atom is 0.363 e. The van der Waals surface area contributed by atoms with Crippen molar-refractivity contribution in [3.8, 4) is 11.5 Å². The van der Waals surface area contributed by atoms with Crippen LogP contribution in [0.3, 0.4) is 0 Å². The molecule has 0 saturated carbocycles. The van der Waals surface area contributed by atoms with Crippen LogP contribution >= 0.6 is 11.6 Å². The van der Waals surface area contributed by atoms with Crippen LogP contribution in [0.1, 0.15) is 16.7 Å². The number of cyclic esters (lactones) is 1. The fraction of sp³-hybridized carbons (Fsp3) is 0.120. The molecule has 31 heavy (non-hydrogen) atoms. The van der Waals surface area contributed by atoms with E-state index in [-0.39, 0.29) is 11.6 Å². The van der Waals surface area contributed by atoms with E-state index >= 15 is 0 Å². The minimum absolute atomic E-state index is 0.182. The van der Waals surface area contributed by atoms with Gasteiger partial charge in [-0.2, -0.15) is 0 Å². The van der Waals surface area contributed by atoms with E-state index in [1.807, 2.05) is 61.5 Å². The molecular formula is C25H20ClNO4. The fourth-order valence-electron chi connectivity index (χ4n) is 2.97. The molecule has 156 valence electrons. The van der Waals surface area contributed by atoms with Crippen LogP contribution in [0.2, 0.25) is 5.02 Å². The zero-order valence-electron chi connectivity index (χ0n) is 16.9. The fourth-order valence-corrected chi connectivity index (χ4v) is 3.15. The second-order valence-corrected chi connectivity index (χ2v) is 7.33. The molecule has 0 saturated heterocycles. The number of esters is 1. The van der Waals surface area contributed by atoms with Gasteiger partial charge in [0.2, 0.25) is 5.90 Å². The molecule has 5 nitrogen and oxygen atoms in total. The quantitative estimate of drug-likeness (QED) is 0.282. The first-order chi connectivity index (χ1) is 15.1. The molecule has 1 aliphatic rings. The van der Waals surface area contributed by atoms with Crippen LogP contribution in [0.25, 0.3) is 6.08 Å². The maximum atomic E-state index is 12.3. The summed E-state index contributed by atoms with van der Waals surface area (Å²) in [6, 6.07) is 22.3. The Kier molecular flexibility index (Phi) is 6.34. The summed E-state index contributed by atoms with van der Waals surface area (Å²) >= 11 is 6.16. The van der Waals surface area contributed by atoms with Crippen LogP contribution in [0.4, 0.5) is 0 Å². The van der Waals surface area contributed by atoms with Crippen LogP contribution in [0.5, 0.6) is 11.5 Å². The molecule has 4 rings (SSSR count). The SMILES string of the molecule is Cc1ccc(OCCOc2ccc(Cl)cc2/C=C2\N=C(c3ccccc3)OC2=O)cc1. The minimum atomic E-state index is -0.521. The summed E-state index contributed by atoms with van der Waals surface area (Å²) in [7, 11) is 0. The van der Waals surface area contributed by atoms with Gasteiger partial charge < -0.3 is 14.2 Å². The van der Waals surface area contributed by atoms with Crippen LogP contribution in [-0.2, 0) is 9.53 Å². The third kappa shape index (κ3) is 5.32. The molecule has 0 fully saturated rings. The molecule has 0 atom stereocenters. The van der Waals surface area contributed by atoms with Gasteiger partial charge in [0, 0.05) is 16.1 Å². The predicted octanol–water partition coefficient (Wildman–Crippen LogP) is 5.45. The van der Waals surface area contributed by atoms with Gasteiger partial charge in [-0.1, -0.05) is 47.5 Å². The maximum absolute atomic E-state index is 12.3. The number of hydrogen-bond acceptors (Lipinski definition) is 5. The molecule has 0 N–H and O–H groups in total. The van der Waals surface area contributed by atoms with E-state index in [0.29, 0.717) is 29.5 Å². The van der Waals surface area contributed by atoms with E-state index in [1.165, 1.54) is 5.56 Å². The summed E-state index contributed by atoms with van der Waals surface area (Å²) in [5.41, 5.74) is 2.72. The highest BCUT2D eigenvalue weighted by molar-refractivity contribution is 6.30. The Labute approximate surface area is 185 Å². The highest BCUT2D eigenvalue weighted by Crippen LogP contribution is 2.27. The van der Waals surface area contributed by atoms with Gasteiger partial charge in [-0.25, -0.2) is 9.79 Å². The molecule has 0 bridgehead atoms. The highest BCUT2D eigenvalue weighted by atomic mass is 35.5. The Morgan fingerprint density at radius 1 is 0.968 bits per heavy atom. The third-order valence-corrected chi connectivity index (χ3v) is 4.77. The summed E-state index contributed by atoms with van der Waals surface area (Å²) < 4.78 is 16.9. The molecule has 0 spiro atoms. The molecule has 3 aromatic rings. The van der Waals surface area contributed by atoms with Crippen LogP contribution in [0, 0.1) is 6.92 Å². The number of aryl methyl sites for hydroxylation is 1. The topological polar surface area (TPSA) is 57.1 Å². The Hall–Kier alpha value is -3.57. The van der Waals surface area contributed by atoms with Crippen molar-refractivity contribution in [1.82, 2.24) is 0 Å². The predicted molar refractivity (Wildman–Crippen MR) is 121 cm³/mol. The molecule has 0 amide bonds. The number of hydrogen-bond donors (Lipinski definition) is 0. The largest absolute Gasteiger partial charge is 0.490 e. The molecule has 0 aromatic heterocycles. The van der Waals surface area contributed by atoms with Gasteiger partial charge in [0.25, 0.3) is 0 Å². The van der Waals surface area contributed by atoms with Gasteiger partial charge in [-0.3, -0.25) is 0 Å². The van der Waals surface area contributed by atoms with E-state index < -0.39 is 5.97 Å². The lowest BCUT2D eigenvalue weighted by Crippen LogP contribution is -2.09. The van der Waals surface area contributed by atoms with Gasteiger partial charge in [0.15, 0.2) is 5.70 Å². The zero-order chi connectivity index (χ0) is 21.6. The minimum Gasteiger partial charge on any atom is -0.490 e. The van der Waals surface area contributed by atoms with Crippen LogP contribution < -0.4 is 9.47 Å². The number of aliphatic imine (C=N–C) groups is 1. The molecule has 6 heteroatoms. The second kappa shape index (κ2) is 9.49. The molecule has 1 aliphatic heterocycles. The van der Waals surface area contributed by atoms with Crippen molar-refractivity contribution < 1.29 is 19.0 Å². The summed E-state index contributed by atoms with van der Waals surface area (Å²) in [4.78, 5) is 16.6. The summed E-state index contributed by atoms with van der Waals surface area (Å²) in [5, 5.41) is 0.522. The number of benzene rings is 3. The van der Waals surface area contributed by atoms with Gasteiger partial charge in [0.05, 0.1) is 0 Å². The first-order valence-electron chi connectivity index (χ1n) is 9.78. The van der Waals surface area contributed by atoms with Crippen LogP contribution in [-0.4, -0.2) is 25.1 Å². The lowest BCUT2D eigenvalue weighted by Gasteiger charge is -2.11. The van der Waals surface area contributed by atoms with Crippen molar-refractivity contribution in [1.29, 1.82) is 0 Å². The number of halogens is 1. The summed E-state index contributed by atoms with van der Waals surface area (Å²) in [6.45, 7) is 2.73. The highest BCUT2D eigenvalue weighted by Gasteiger charge is 2.24. The van der Waals surface area contributed by atoms with Crippen molar-refractivity contribution in [2.75, 3.05) is 13.2 Å². The monoisotopic (exact) mass is 433 g/mol. The van der Waals surface area contributed by atoms with Crippen molar-refractivity contribution in [3.05, 3.63) is 100 Å². The first kappa shape index (κ1) is 20.7. The van der Waals surface area contributed by atoms with Gasteiger partial charge >= 0.3 is 5.97 Å². The zero-order valence-corrected chi connectivity index (χ0v) is 17.6. The number of rotatable bonds is 7. The summed E-state index contributed by atoms with van der Waals surface area (Å²) in [5.74, 6) is 1.10. The molecule has 0 unspecified atom stereocenters. The van der Waals surface area contributed by atoms with E-state index in [1.54, 1.807) is 24.3 Å². The van der Waals surface area contributed by atoms with Crippen molar-refractivity contribution in [2.45, 2.75) is 6.92 Å². The van der Waals surface area contributed by atoms with Crippen LogP contribution in [0.15, 0.2) is 83.5 Å². The average molecular weight is 434 g/mol. The van der Waals surface area contributed by atoms with Gasteiger partial charge in [-0.05, 0) is 55.5 Å². The molecule has 0 aliphatic carbocycles. The standard InChI is InChI=1S/C25H20ClNO4/c1-17-7-10-21(11-8-17)29-13-14-30-23-12-9-20(26)15-19(23)16-22-25(28)31-24(27-22)18-5-3-2-4-6-18/h2-12,15-16H,13-14H2,1H3/b22-16-. The Morgan fingerprint density at radius 3 is 2.48 bits per heavy atom. The van der Waals surface area contributed by atoms with Crippen molar-refractivity contribution >= 4 is 29.5 Å². The summed E-state index contributed by atoms with van der Waals surface area (Å²) in [6.07, 6.45) is 1.61. The number of carbonyl (C=O) groups excluding carboxylic acids is 1. The van der Waals surface area contributed by atoms with Gasteiger partial charge in [-0.15, -0.1) is 0 Å². The third-order valence-electron chi connectivity index (χ3n) is 4.54. The number of carbonyl (C=O) groups is 1.